The van der Waals surface area contributed by atoms with Crippen LogP contribution in [-0.2, 0) is 0 Å². The zero-order valence-electron chi connectivity index (χ0n) is 10.4. The lowest BCUT2D eigenvalue weighted by Crippen LogP contribution is -2.27. The summed E-state index contributed by atoms with van der Waals surface area (Å²) in [6, 6.07) is 8.65. The summed E-state index contributed by atoms with van der Waals surface area (Å²) in [6.07, 6.45) is 0. The predicted octanol–water partition coefficient (Wildman–Crippen LogP) is 2.45. The lowest BCUT2D eigenvalue weighted by Gasteiger charge is -2.06. The molecule has 0 spiro atoms. The molecule has 6 heteroatoms. The zero-order valence-corrected chi connectivity index (χ0v) is 11.1. The van der Waals surface area contributed by atoms with Crippen LogP contribution in [0.2, 0.25) is 5.02 Å². The van der Waals surface area contributed by atoms with E-state index in [-0.39, 0.29) is 11.7 Å². The number of aromatic nitrogens is 1. The second-order valence-electron chi connectivity index (χ2n) is 3.89. The fourth-order valence-corrected chi connectivity index (χ4v) is 1.63. The number of carbonyl (C=O) groups excluding carboxylic acids is 1. The van der Waals surface area contributed by atoms with E-state index in [1.165, 1.54) is 0 Å². The molecule has 0 fully saturated rings. The summed E-state index contributed by atoms with van der Waals surface area (Å²) in [5.41, 5.74) is 0.667. The first-order valence-corrected chi connectivity index (χ1v) is 6.13. The van der Waals surface area contributed by atoms with E-state index < -0.39 is 0 Å². The Kier molecular flexibility index (Phi) is 4.41. The normalized spacial score (nSPS) is 10.2. The lowest BCUT2D eigenvalue weighted by atomic mass is 10.3. The third-order valence-electron chi connectivity index (χ3n) is 2.30. The maximum atomic E-state index is 11.6. The Bertz CT molecular complexity index is 569. The van der Waals surface area contributed by atoms with E-state index in [0.29, 0.717) is 29.6 Å². The number of amides is 1. The molecule has 100 valence electrons. The van der Waals surface area contributed by atoms with Crippen LogP contribution in [0.5, 0.6) is 5.75 Å². The van der Waals surface area contributed by atoms with Gasteiger partial charge in [-0.3, -0.25) is 4.79 Å². The van der Waals surface area contributed by atoms with Crippen molar-refractivity contribution < 1.29 is 14.1 Å². The van der Waals surface area contributed by atoms with Gasteiger partial charge in [0, 0.05) is 11.1 Å². The number of carbonyl (C=O) groups is 1. The van der Waals surface area contributed by atoms with Crippen LogP contribution in [0, 0.1) is 6.92 Å². The van der Waals surface area contributed by atoms with Crippen molar-refractivity contribution in [1.29, 1.82) is 0 Å². The van der Waals surface area contributed by atoms with Gasteiger partial charge < -0.3 is 14.6 Å². The SMILES string of the molecule is Cc1cc(C(=O)NCCOc2cccc(Cl)c2)on1. The maximum Gasteiger partial charge on any atom is 0.290 e. The van der Waals surface area contributed by atoms with Gasteiger partial charge in [0.1, 0.15) is 12.4 Å². The smallest absolute Gasteiger partial charge is 0.290 e. The van der Waals surface area contributed by atoms with Crippen molar-refractivity contribution in [3.05, 3.63) is 46.8 Å². The molecule has 0 atom stereocenters. The predicted molar refractivity (Wildman–Crippen MR) is 70.5 cm³/mol. The summed E-state index contributed by atoms with van der Waals surface area (Å²) in [6.45, 7) is 2.47. The highest BCUT2D eigenvalue weighted by molar-refractivity contribution is 6.30. The van der Waals surface area contributed by atoms with E-state index >= 15 is 0 Å². The first kappa shape index (κ1) is 13.4. The third kappa shape index (κ3) is 3.99. The molecule has 0 radical (unpaired) electrons. The van der Waals surface area contributed by atoms with Gasteiger partial charge in [0.25, 0.3) is 5.91 Å². The number of hydrogen-bond donors (Lipinski definition) is 1. The number of benzene rings is 1. The maximum absolute atomic E-state index is 11.6. The van der Waals surface area contributed by atoms with Crippen LogP contribution in [0.3, 0.4) is 0 Å². The summed E-state index contributed by atoms with van der Waals surface area (Å²) in [4.78, 5) is 11.6. The topological polar surface area (TPSA) is 64.4 Å². The molecule has 1 aromatic heterocycles. The number of aryl methyl sites for hydroxylation is 1. The third-order valence-corrected chi connectivity index (χ3v) is 2.54. The molecule has 0 saturated heterocycles. The fraction of sp³-hybridized carbons (Fsp3) is 0.231. The standard InChI is InChI=1S/C13H13ClN2O3/c1-9-7-12(19-16-9)13(17)15-5-6-18-11-4-2-3-10(14)8-11/h2-4,7-8H,5-6H2,1H3,(H,15,17). The molecule has 1 aromatic carbocycles. The van der Waals surface area contributed by atoms with Crippen molar-refractivity contribution in [2.24, 2.45) is 0 Å². The Morgan fingerprint density at radius 1 is 1.47 bits per heavy atom. The molecular weight excluding hydrogens is 268 g/mol. The Balaban J connectivity index is 1.74. The van der Waals surface area contributed by atoms with Gasteiger partial charge in [-0.25, -0.2) is 0 Å². The highest BCUT2D eigenvalue weighted by atomic mass is 35.5. The van der Waals surface area contributed by atoms with Crippen molar-refractivity contribution in [2.75, 3.05) is 13.2 Å². The van der Waals surface area contributed by atoms with E-state index in [1.54, 1.807) is 37.3 Å². The van der Waals surface area contributed by atoms with Gasteiger partial charge in [-0.1, -0.05) is 22.8 Å². The minimum absolute atomic E-state index is 0.195. The largest absolute Gasteiger partial charge is 0.492 e. The summed E-state index contributed by atoms with van der Waals surface area (Å²) in [5, 5.41) is 6.92. The highest BCUT2D eigenvalue weighted by Gasteiger charge is 2.10. The van der Waals surface area contributed by atoms with Crippen molar-refractivity contribution in [3.63, 3.8) is 0 Å². The Morgan fingerprint density at radius 3 is 3.00 bits per heavy atom. The molecule has 2 aromatic rings. The van der Waals surface area contributed by atoms with E-state index in [0.717, 1.165) is 0 Å². The molecule has 19 heavy (non-hydrogen) atoms. The molecule has 0 saturated carbocycles. The summed E-state index contributed by atoms with van der Waals surface area (Å²) >= 11 is 5.82. The van der Waals surface area contributed by atoms with Gasteiger partial charge in [-0.05, 0) is 25.1 Å². The summed E-state index contributed by atoms with van der Waals surface area (Å²) in [7, 11) is 0. The Labute approximate surface area is 115 Å². The van der Waals surface area contributed by atoms with Crippen molar-refractivity contribution in [3.8, 4) is 5.75 Å². The van der Waals surface area contributed by atoms with Gasteiger partial charge in [0.2, 0.25) is 5.76 Å². The van der Waals surface area contributed by atoms with Crippen LogP contribution in [0.1, 0.15) is 16.2 Å². The van der Waals surface area contributed by atoms with Crippen LogP contribution in [0.25, 0.3) is 0 Å². The molecule has 0 bridgehead atoms. The molecule has 1 amide bonds. The van der Waals surface area contributed by atoms with E-state index in [2.05, 4.69) is 10.5 Å². The van der Waals surface area contributed by atoms with Gasteiger partial charge in [-0.15, -0.1) is 0 Å². The number of hydrogen-bond acceptors (Lipinski definition) is 4. The van der Waals surface area contributed by atoms with Gasteiger partial charge in [0.15, 0.2) is 0 Å². The molecule has 0 aliphatic rings. The monoisotopic (exact) mass is 280 g/mol. The van der Waals surface area contributed by atoms with E-state index in [9.17, 15) is 4.79 Å². The molecule has 5 nitrogen and oxygen atoms in total. The van der Waals surface area contributed by atoms with Crippen molar-refractivity contribution >= 4 is 17.5 Å². The first-order chi connectivity index (χ1) is 9.15. The van der Waals surface area contributed by atoms with Crippen LogP contribution in [0.15, 0.2) is 34.9 Å². The number of rotatable bonds is 5. The number of nitrogens with one attached hydrogen (secondary N) is 1. The zero-order chi connectivity index (χ0) is 13.7. The average Bonchev–Trinajstić information content (AvgIpc) is 2.81. The van der Waals surface area contributed by atoms with Gasteiger partial charge >= 0.3 is 0 Å². The second-order valence-corrected chi connectivity index (χ2v) is 4.33. The van der Waals surface area contributed by atoms with Crippen LogP contribution >= 0.6 is 11.6 Å². The molecular formula is C13H13ClN2O3. The van der Waals surface area contributed by atoms with E-state index in [1.807, 2.05) is 0 Å². The second kappa shape index (κ2) is 6.24. The molecule has 1 heterocycles. The average molecular weight is 281 g/mol. The molecule has 0 aliphatic heterocycles. The first-order valence-electron chi connectivity index (χ1n) is 5.75. The summed E-state index contributed by atoms with van der Waals surface area (Å²) in [5.74, 6) is 0.549. The Morgan fingerprint density at radius 2 is 2.32 bits per heavy atom. The van der Waals surface area contributed by atoms with Crippen molar-refractivity contribution in [1.82, 2.24) is 10.5 Å². The minimum Gasteiger partial charge on any atom is -0.492 e. The fourth-order valence-electron chi connectivity index (χ4n) is 1.45. The van der Waals surface area contributed by atoms with Crippen LogP contribution in [-0.4, -0.2) is 24.2 Å². The van der Waals surface area contributed by atoms with Crippen LogP contribution < -0.4 is 10.1 Å². The van der Waals surface area contributed by atoms with Gasteiger partial charge in [-0.2, -0.15) is 0 Å². The van der Waals surface area contributed by atoms with Crippen molar-refractivity contribution in [2.45, 2.75) is 6.92 Å². The Hall–Kier alpha value is -2.01. The molecule has 1 N–H and O–H groups in total. The van der Waals surface area contributed by atoms with E-state index in [4.69, 9.17) is 20.9 Å². The summed E-state index contributed by atoms with van der Waals surface area (Å²) < 4.78 is 10.3. The van der Waals surface area contributed by atoms with Crippen LogP contribution in [0.4, 0.5) is 0 Å². The lowest BCUT2D eigenvalue weighted by molar-refractivity contribution is 0.0910. The van der Waals surface area contributed by atoms with Gasteiger partial charge in [0.05, 0.1) is 12.2 Å². The highest BCUT2D eigenvalue weighted by Crippen LogP contribution is 2.16. The molecule has 2 rings (SSSR count). The quantitative estimate of drug-likeness (QED) is 0.855. The number of halogens is 1. The molecule has 0 aliphatic carbocycles. The number of nitrogens with zero attached hydrogens (tertiary/aromatic N) is 1. The molecule has 0 unspecified atom stereocenters. The minimum atomic E-state index is -0.310. The number of ether oxygens (including phenoxy) is 1.